The minimum atomic E-state index is -0.162. The van der Waals surface area contributed by atoms with Gasteiger partial charge in [-0.25, -0.2) is 0 Å². The van der Waals surface area contributed by atoms with E-state index in [4.69, 9.17) is 4.74 Å². The van der Waals surface area contributed by atoms with Gasteiger partial charge < -0.3 is 14.2 Å². The number of methoxy groups -OCH3 is 1. The molecule has 2 aromatic rings. The molecule has 0 aliphatic carbocycles. The van der Waals surface area contributed by atoms with Crippen LogP contribution < -0.4 is 0 Å². The molecule has 0 spiro atoms. The van der Waals surface area contributed by atoms with Gasteiger partial charge in [-0.15, -0.1) is 10.2 Å². The van der Waals surface area contributed by atoms with E-state index in [0.717, 1.165) is 11.5 Å². The number of H-pyrrole nitrogens is 1. The van der Waals surface area contributed by atoms with Crippen molar-refractivity contribution in [1.82, 2.24) is 29.9 Å². The number of amides is 1. The minimum absolute atomic E-state index is 0.0170. The highest BCUT2D eigenvalue weighted by Crippen LogP contribution is 2.33. The van der Waals surface area contributed by atoms with E-state index in [1.54, 1.807) is 18.3 Å². The van der Waals surface area contributed by atoms with Gasteiger partial charge in [-0.1, -0.05) is 20.8 Å². The lowest BCUT2D eigenvalue weighted by Crippen LogP contribution is -2.33. The van der Waals surface area contributed by atoms with Crippen LogP contribution in [0.25, 0.3) is 0 Å². The zero-order valence-electron chi connectivity index (χ0n) is 14.8. The fraction of sp³-hybridized carbons (Fsp3) is 0.625. The van der Waals surface area contributed by atoms with Crippen LogP contribution in [-0.4, -0.2) is 55.5 Å². The molecule has 0 saturated carbocycles. The zero-order chi connectivity index (χ0) is 17.5. The van der Waals surface area contributed by atoms with Crippen LogP contribution in [0.15, 0.2) is 12.4 Å². The van der Waals surface area contributed by atoms with E-state index in [1.165, 1.54) is 0 Å². The van der Waals surface area contributed by atoms with Crippen molar-refractivity contribution >= 4 is 5.91 Å². The summed E-state index contributed by atoms with van der Waals surface area (Å²) in [5, 5.41) is 15.3. The second-order valence-electron chi connectivity index (χ2n) is 7.28. The van der Waals surface area contributed by atoms with Crippen molar-refractivity contribution in [3.05, 3.63) is 29.6 Å². The molecular formula is C16H24N6O2. The summed E-state index contributed by atoms with van der Waals surface area (Å²) in [6.45, 7) is 6.75. The Hall–Kier alpha value is -2.22. The number of nitrogens with one attached hydrogen (secondary N) is 1. The lowest BCUT2D eigenvalue weighted by Gasteiger charge is -2.22. The number of likely N-dealkylation sites (tertiary alicyclic amines) is 1. The number of rotatable bonds is 3. The summed E-state index contributed by atoms with van der Waals surface area (Å²) in [7, 11) is 3.54. The molecule has 1 N–H and O–H groups in total. The van der Waals surface area contributed by atoms with Crippen LogP contribution in [0.4, 0.5) is 0 Å². The van der Waals surface area contributed by atoms with Crippen molar-refractivity contribution in [2.75, 3.05) is 13.7 Å². The number of carbonyl (C=O) groups excluding carboxylic acids is 1. The Bertz CT molecular complexity index is 729. The largest absolute Gasteiger partial charge is 0.380 e. The molecule has 1 fully saturated rings. The van der Waals surface area contributed by atoms with Gasteiger partial charge in [0.2, 0.25) is 0 Å². The Morgan fingerprint density at radius 2 is 2.17 bits per heavy atom. The molecule has 0 unspecified atom stereocenters. The maximum Gasteiger partial charge on any atom is 0.275 e. The first-order chi connectivity index (χ1) is 11.3. The van der Waals surface area contributed by atoms with Gasteiger partial charge in [0.15, 0.2) is 5.82 Å². The van der Waals surface area contributed by atoms with Crippen LogP contribution in [0.1, 0.15) is 55.2 Å². The third kappa shape index (κ3) is 2.93. The van der Waals surface area contributed by atoms with Gasteiger partial charge in [-0.3, -0.25) is 9.89 Å². The molecule has 3 heterocycles. The zero-order valence-corrected chi connectivity index (χ0v) is 14.8. The molecule has 0 aromatic carbocycles. The number of aryl methyl sites for hydroxylation is 1. The van der Waals surface area contributed by atoms with Gasteiger partial charge in [0, 0.05) is 38.2 Å². The van der Waals surface area contributed by atoms with E-state index >= 15 is 0 Å². The summed E-state index contributed by atoms with van der Waals surface area (Å²) in [5.74, 6) is 0.642. The van der Waals surface area contributed by atoms with Crippen LogP contribution >= 0.6 is 0 Å². The van der Waals surface area contributed by atoms with E-state index in [9.17, 15) is 4.79 Å². The molecule has 1 saturated heterocycles. The SMILES string of the molecule is CO[C@@H]1C[C@@H](c2nncn2C)N(C(=O)c2cc(C(C)(C)C)[nH]n2)C1. The highest BCUT2D eigenvalue weighted by atomic mass is 16.5. The molecule has 1 aliphatic heterocycles. The van der Waals surface area contributed by atoms with Crippen molar-refractivity contribution in [3.8, 4) is 0 Å². The second-order valence-corrected chi connectivity index (χ2v) is 7.28. The fourth-order valence-corrected chi connectivity index (χ4v) is 2.99. The lowest BCUT2D eigenvalue weighted by molar-refractivity contribution is 0.0677. The average molecular weight is 332 g/mol. The molecule has 130 valence electrons. The summed E-state index contributed by atoms with van der Waals surface area (Å²) in [5.41, 5.74) is 1.27. The smallest absolute Gasteiger partial charge is 0.275 e. The molecule has 8 nitrogen and oxygen atoms in total. The van der Waals surface area contributed by atoms with Crippen LogP contribution in [0.2, 0.25) is 0 Å². The van der Waals surface area contributed by atoms with Crippen LogP contribution in [0.3, 0.4) is 0 Å². The molecule has 2 aromatic heterocycles. The van der Waals surface area contributed by atoms with Crippen molar-refractivity contribution in [2.24, 2.45) is 7.05 Å². The number of hydrogen-bond donors (Lipinski definition) is 1. The molecule has 1 amide bonds. The van der Waals surface area contributed by atoms with Crippen molar-refractivity contribution in [2.45, 2.75) is 44.8 Å². The van der Waals surface area contributed by atoms with Crippen LogP contribution in [0.5, 0.6) is 0 Å². The lowest BCUT2D eigenvalue weighted by atomic mass is 9.92. The van der Waals surface area contributed by atoms with Crippen LogP contribution in [-0.2, 0) is 17.2 Å². The van der Waals surface area contributed by atoms with Crippen LogP contribution in [0, 0.1) is 0 Å². The van der Waals surface area contributed by atoms with Crippen molar-refractivity contribution in [3.63, 3.8) is 0 Å². The minimum Gasteiger partial charge on any atom is -0.380 e. The second kappa shape index (κ2) is 6.01. The van der Waals surface area contributed by atoms with Gasteiger partial charge in [0.05, 0.1) is 12.1 Å². The molecule has 3 rings (SSSR count). The summed E-state index contributed by atoms with van der Waals surface area (Å²) >= 11 is 0. The number of carbonyl (C=O) groups is 1. The Kier molecular flexibility index (Phi) is 4.16. The standard InChI is InChI=1S/C16H24N6O2/c1-16(2,3)13-7-11(18-19-13)15(23)22-8-10(24-5)6-12(22)14-20-17-9-21(14)4/h7,9-10,12H,6,8H2,1-5H3,(H,18,19)/t10-,12+/m1/s1. The molecule has 24 heavy (non-hydrogen) atoms. The van der Waals surface area contributed by atoms with Crippen molar-refractivity contribution in [1.29, 1.82) is 0 Å². The first-order valence-corrected chi connectivity index (χ1v) is 8.04. The normalized spacial score (nSPS) is 21.5. The first-order valence-electron chi connectivity index (χ1n) is 8.04. The Balaban J connectivity index is 1.89. The number of hydrogen-bond acceptors (Lipinski definition) is 5. The number of nitrogens with zero attached hydrogens (tertiary/aromatic N) is 5. The highest BCUT2D eigenvalue weighted by molar-refractivity contribution is 5.93. The molecular weight excluding hydrogens is 308 g/mol. The molecule has 2 atom stereocenters. The summed E-state index contributed by atoms with van der Waals surface area (Å²) < 4.78 is 7.32. The Labute approximate surface area is 141 Å². The average Bonchev–Trinajstić information content (AvgIpc) is 3.24. The third-order valence-electron chi connectivity index (χ3n) is 4.51. The molecule has 8 heteroatoms. The molecule has 0 radical (unpaired) electrons. The summed E-state index contributed by atoms with van der Waals surface area (Å²) in [4.78, 5) is 14.8. The number of ether oxygens (including phenoxy) is 1. The molecule has 0 bridgehead atoms. The van der Waals surface area contributed by atoms with E-state index < -0.39 is 0 Å². The first kappa shape index (κ1) is 16.6. The van der Waals surface area contributed by atoms with E-state index in [1.807, 2.05) is 17.7 Å². The maximum absolute atomic E-state index is 13.0. The van der Waals surface area contributed by atoms with Gasteiger partial charge in [-0.2, -0.15) is 5.10 Å². The molecule has 1 aliphatic rings. The predicted molar refractivity (Wildman–Crippen MR) is 87.5 cm³/mol. The van der Waals surface area contributed by atoms with E-state index in [0.29, 0.717) is 18.7 Å². The Morgan fingerprint density at radius 3 is 2.71 bits per heavy atom. The number of aromatic nitrogens is 5. The highest BCUT2D eigenvalue weighted by Gasteiger charge is 2.40. The van der Waals surface area contributed by atoms with Crippen molar-refractivity contribution < 1.29 is 9.53 Å². The van der Waals surface area contributed by atoms with E-state index in [2.05, 4.69) is 41.2 Å². The van der Waals surface area contributed by atoms with Gasteiger partial charge >= 0.3 is 0 Å². The van der Waals surface area contributed by atoms with Gasteiger partial charge in [0.1, 0.15) is 12.0 Å². The Morgan fingerprint density at radius 1 is 1.42 bits per heavy atom. The predicted octanol–water partition coefficient (Wildman–Crippen LogP) is 1.44. The summed E-state index contributed by atoms with van der Waals surface area (Å²) in [6, 6.07) is 1.67. The summed E-state index contributed by atoms with van der Waals surface area (Å²) in [6.07, 6.45) is 2.33. The van der Waals surface area contributed by atoms with E-state index in [-0.39, 0.29) is 23.5 Å². The maximum atomic E-state index is 13.0. The van der Waals surface area contributed by atoms with Gasteiger partial charge in [-0.05, 0) is 6.07 Å². The fourth-order valence-electron chi connectivity index (χ4n) is 2.99. The topological polar surface area (TPSA) is 88.9 Å². The monoisotopic (exact) mass is 332 g/mol. The van der Waals surface area contributed by atoms with Gasteiger partial charge in [0.25, 0.3) is 5.91 Å². The quantitative estimate of drug-likeness (QED) is 0.918. The third-order valence-corrected chi connectivity index (χ3v) is 4.51. The number of aromatic amines is 1.